The summed E-state index contributed by atoms with van der Waals surface area (Å²) < 4.78 is 86.5. The molecule has 0 heterocycles. The van der Waals surface area contributed by atoms with Gasteiger partial charge in [0, 0.05) is 5.69 Å². The van der Waals surface area contributed by atoms with Crippen LogP contribution >= 0.6 is 0 Å². The molecule has 0 bridgehead atoms. The first-order valence-corrected chi connectivity index (χ1v) is 8.50. The number of carbonyl (C=O) groups is 2. The zero-order chi connectivity index (χ0) is 23.3. The number of carbonyl (C=O) groups excluding carboxylic acids is 2. The lowest BCUT2D eigenvalue weighted by molar-refractivity contribution is -0.274. The third kappa shape index (κ3) is 6.27. The number of rotatable bonds is 7. The van der Waals surface area contributed by atoms with Gasteiger partial charge in [-0.1, -0.05) is 30.3 Å². The van der Waals surface area contributed by atoms with Gasteiger partial charge < -0.3 is 20.1 Å². The van der Waals surface area contributed by atoms with Gasteiger partial charge in [-0.05, 0) is 29.8 Å². The van der Waals surface area contributed by atoms with Crippen LogP contribution in [0.25, 0.3) is 0 Å². The normalized spacial score (nSPS) is 13.6. The number of benzene rings is 2. The standard InChI is InChI=1S/C19H16F6N2O4/c1-30-16(29)17(18(20,21)22,27-15(28)11-12-5-3-2-4-6-12)26-13-7-9-14(10-8-13)31-19(23,24)25/h2-10,26H,11H2,1H3,(H,27,28)/t17-/m1/s1. The molecule has 1 amide bonds. The summed E-state index contributed by atoms with van der Waals surface area (Å²) in [5.41, 5.74) is -3.74. The Balaban J connectivity index is 2.33. The highest BCUT2D eigenvalue weighted by Crippen LogP contribution is 2.34. The molecule has 2 aromatic rings. The maximum atomic E-state index is 13.9. The van der Waals surface area contributed by atoms with Crippen LogP contribution in [0.4, 0.5) is 32.0 Å². The van der Waals surface area contributed by atoms with Crippen molar-refractivity contribution in [2.75, 3.05) is 12.4 Å². The van der Waals surface area contributed by atoms with Gasteiger partial charge in [-0.15, -0.1) is 13.2 Å². The molecule has 0 aliphatic carbocycles. The molecule has 0 saturated carbocycles. The van der Waals surface area contributed by atoms with Crippen molar-refractivity contribution in [3.8, 4) is 5.75 Å². The van der Waals surface area contributed by atoms with E-state index >= 15 is 0 Å². The molecule has 6 nitrogen and oxygen atoms in total. The molecule has 0 radical (unpaired) electrons. The van der Waals surface area contributed by atoms with Gasteiger partial charge >= 0.3 is 24.2 Å². The van der Waals surface area contributed by atoms with Gasteiger partial charge in [-0.2, -0.15) is 13.2 Å². The molecule has 0 saturated heterocycles. The first-order chi connectivity index (χ1) is 14.4. The smallest absolute Gasteiger partial charge is 0.466 e. The van der Waals surface area contributed by atoms with Gasteiger partial charge in [0.05, 0.1) is 13.5 Å². The highest BCUT2D eigenvalue weighted by Gasteiger charge is 2.63. The number of methoxy groups -OCH3 is 1. The van der Waals surface area contributed by atoms with Crippen LogP contribution in [-0.2, 0) is 20.7 Å². The van der Waals surface area contributed by atoms with Crippen molar-refractivity contribution in [3.05, 3.63) is 60.2 Å². The fourth-order valence-electron chi connectivity index (χ4n) is 2.53. The number of hydrogen-bond donors (Lipinski definition) is 2. The summed E-state index contributed by atoms with van der Waals surface area (Å²) in [6.07, 6.45) is -10.9. The summed E-state index contributed by atoms with van der Waals surface area (Å²) in [6, 6.07) is 10.9. The van der Waals surface area contributed by atoms with Crippen molar-refractivity contribution in [1.29, 1.82) is 0 Å². The van der Waals surface area contributed by atoms with E-state index in [1.54, 1.807) is 23.5 Å². The van der Waals surface area contributed by atoms with Gasteiger partial charge in [0.25, 0.3) is 0 Å². The van der Waals surface area contributed by atoms with Gasteiger partial charge in [-0.25, -0.2) is 4.79 Å². The molecule has 168 valence electrons. The Bertz CT molecular complexity index is 900. The molecule has 12 heteroatoms. The third-order valence-electron chi connectivity index (χ3n) is 3.87. The molecule has 2 rings (SSSR count). The number of ether oxygens (including phenoxy) is 2. The Labute approximate surface area is 172 Å². The topological polar surface area (TPSA) is 76.7 Å². The van der Waals surface area contributed by atoms with Crippen LogP contribution in [0.5, 0.6) is 5.75 Å². The molecule has 0 spiro atoms. The fourth-order valence-corrected chi connectivity index (χ4v) is 2.53. The number of amides is 1. The summed E-state index contributed by atoms with van der Waals surface area (Å²) in [5, 5.41) is 3.43. The number of anilines is 1. The molecular formula is C19H16F6N2O4. The molecule has 2 N–H and O–H groups in total. The summed E-state index contributed by atoms with van der Waals surface area (Å²) in [5.74, 6) is -3.72. The highest BCUT2D eigenvalue weighted by molar-refractivity contribution is 5.92. The van der Waals surface area contributed by atoms with Crippen molar-refractivity contribution in [2.45, 2.75) is 24.6 Å². The Morgan fingerprint density at radius 1 is 0.903 bits per heavy atom. The molecule has 0 unspecified atom stereocenters. The van der Waals surface area contributed by atoms with Gasteiger partial charge in [0.1, 0.15) is 5.75 Å². The van der Waals surface area contributed by atoms with Crippen molar-refractivity contribution >= 4 is 17.6 Å². The Kier molecular flexibility index (Phi) is 7.03. The van der Waals surface area contributed by atoms with Crippen molar-refractivity contribution in [1.82, 2.24) is 5.32 Å². The summed E-state index contributed by atoms with van der Waals surface area (Å²) in [6.45, 7) is 0. The lowest BCUT2D eigenvalue weighted by atomic mass is 10.1. The van der Waals surface area contributed by atoms with E-state index < -0.39 is 47.9 Å². The minimum atomic E-state index is -5.38. The van der Waals surface area contributed by atoms with Crippen molar-refractivity contribution < 1.29 is 45.4 Å². The Morgan fingerprint density at radius 3 is 1.97 bits per heavy atom. The number of alkyl halides is 6. The van der Waals surface area contributed by atoms with Crippen LogP contribution in [0.3, 0.4) is 0 Å². The first-order valence-electron chi connectivity index (χ1n) is 8.50. The van der Waals surface area contributed by atoms with E-state index in [2.05, 4.69) is 9.47 Å². The minimum absolute atomic E-state index is 0.384. The average Bonchev–Trinajstić information content (AvgIpc) is 2.67. The third-order valence-corrected chi connectivity index (χ3v) is 3.87. The van der Waals surface area contributed by atoms with Crippen LogP contribution < -0.4 is 15.4 Å². The van der Waals surface area contributed by atoms with E-state index in [0.29, 0.717) is 12.7 Å². The lowest BCUT2D eigenvalue weighted by Crippen LogP contribution is -2.69. The average molecular weight is 450 g/mol. The van der Waals surface area contributed by atoms with Crippen LogP contribution in [-0.4, -0.2) is 37.2 Å². The second kappa shape index (κ2) is 9.14. The predicted octanol–water partition coefficient (Wildman–Crippen LogP) is 3.79. The van der Waals surface area contributed by atoms with E-state index in [-0.39, 0.29) is 0 Å². The Morgan fingerprint density at radius 2 is 1.48 bits per heavy atom. The van der Waals surface area contributed by atoms with E-state index in [4.69, 9.17) is 0 Å². The lowest BCUT2D eigenvalue weighted by Gasteiger charge is -2.35. The largest absolute Gasteiger partial charge is 0.573 e. The van der Waals surface area contributed by atoms with Crippen LogP contribution in [0.2, 0.25) is 0 Å². The van der Waals surface area contributed by atoms with Crippen LogP contribution in [0.15, 0.2) is 54.6 Å². The van der Waals surface area contributed by atoms with Crippen molar-refractivity contribution in [3.63, 3.8) is 0 Å². The summed E-state index contributed by atoms with van der Waals surface area (Å²) >= 11 is 0. The molecule has 0 fully saturated rings. The maximum Gasteiger partial charge on any atom is 0.573 e. The molecule has 1 atom stereocenters. The monoisotopic (exact) mass is 450 g/mol. The van der Waals surface area contributed by atoms with Gasteiger partial charge in [0.15, 0.2) is 0 Å². The summed E-state index contributed by atoms with van der Waals surface area (Å²) in [7, 11) is 0.689. The molecule has 0 aliphatic heterocycles. The van der Waals surface area contributed by atoms with Crippen molar-refractivity contribution in [2.24, 2.45) is 0 Å². The van der Waals surface area contributed by atoms with Crippen LogP contribution in [0.1, 0.15) is 5.56 Å². The second-order valence-corrected chi connectivity index (χ2v) is 6.15. The second-order valence-electron chi connectivity index (χ2n) is 6.15. The zero-order valence-corrected chi connectivity index (χ0v) is 15.8. The maximum absolute atomic E-state index is 13.9. The van der Waals surface area contributed by atoms with E-state index in [1.807, 2.05) is 5.32 Å². The van der Waals surface area contributed by atoms with E-state index in [0.717, 1.165) is 24.3 Å². The molecule has 0 aromatic heterocycles. The summed E-state index contributed by atoms with van der Waals surface area (Å²) in [4.78, 5) is 24.4. The number of esters is 1. The highest BCUT2D eigenvalue weighted by atomic mass is 19.4. The van der Waals surface area contributed by atoms with Gasteiger partial charge in [-0.3, -0.25) is 4.79 Å². The van der Waals surface area contributed by atoms with Gasteiger partial charge in [0.2, 0.25) is 5.91 Å². The molecule has 31 heavy (non-hydrogen) atoms. The SMILES string of the molecule is COC(=O)[C@](NC(=O)Cc1ccccc1)(Nc1ccc(OC(F)(F)F)cc1)C(F)(F)F. The fraction of sp³-hybridized carbons (Fsp3) is 0.263. The molecular weight excluding hydrogens is 434 g/mol. The predicted molar refractivity (Wildman–Crippen MR) is 95.8 cm³/mol. The molecule has 2 aromatic carbocycles. The Hall–Kier alpha value is -3.44. The quantitative estimate of drug-likeness (QED) is 0.382. The van der Waals surface area contributed by atoms with E-state index in [9.17, 15) is 35.9 Å². The zero-order valence-electron chi connectivity index (χ0n) is 15.8. The number of halogens is 6. The number of hydrogen-bond acceptors (Lipinski definition) is 5. The van der Waals surface area contributed by atoms with Crippen LogP contribution in [0, 0.1) is 0 Å². The number of nitrogens with one attached hydrogen (secondary N) is 2. The van der Waals surface area contributed by atoms with E-state index in [1.165, 1.54) is 12.1 Å². The minimum Gasteiger partial charge on any atom is -0.466 e. The first kappa shape index (κ1) is 23.8. The molecule has 0 aliphatic rings.